The van der Waals surface area contributed by atoms with Gasteiger partial charge in [-0.1, -0.05) is 55.8 Å². The molecular weight excluding hydrogens is 396 g/mol. The molecule has 0 saturated carbocycles. The molecule has 0 unspecified atom stereocenters. The summed E-state index contributed by atoms with van der Waals surface area (Å²) >= 11 is 1.11. The highest BCUT2D eigenvalue weighted by molar-refractivity contribution is 7.13. The van der Waals surface area contributed by atoms with Crippen molar-refractivity contribution in [2.24, 2.45) is 0 Å². The lowest BCUT2D eigenvalue weighted by atomic mass is 10.0. The van der Waals surface area contributed by atoms with Crippen molar-refractivity contribution < 1.29 is 4.79 Å². The molecule has 7 heteroatoms. The molecule has 1 N–H and O–H groups in total. The summed E-state index contributed by atoms with van der Waals surface area (Å²) in [6.07, 6.45) is 1.41. The van der Waals surface area contributed by atoms with E-state index in [9.17, 15) is 9.59 Å². The quantitative estimate of drug-likeness (QED) is 0.514. The van der Waals surface area contributed by atoms with Crippen LogP contribution >= 0.6 is 11.5 Å². The Morgan fingerprint density at radius 3 is 2.47 bits per heavy atom. The van der Waals surface area contributed by atoms with Crippen LogP contribution in [0.25, 0.3) is 21.5 Å². The van der Waals surface area contributed by atoms with Crippen molar-refractivity contribution in [3.63, 3.8) is 0 Å². The summed E-state index contributed by atoms with van der Waals surface area (Å²) in [5.74, 6) is 0.147. The number of fused-ring (bicyclic) bond motifs is 1. The molecule has 152 valence electrons. The lowest BCUT2D eigenvalue weighted by molar-refractivity contribution is -0.116. The Morgan fingerprint density at radius 2 is 1.80 bits per heavy atom. The Kier molecular flexibility index (Phi) is 5.46. The van der Waals surface area contributed by atoms with Gasteiger partial charge in [0.2, 0.25) is 5.91 Å². The average Bonchev–Trinajstić information content (AvgIpc) is 3.16. The van der Waals surface area contributed by atoms with Gasteiger partial charge in [0.15, 0.2) is 0 Å². The van der Waals surface area contributed by atoms with Crippen molar-refractivity contribution >= 4 is 33.3 Å². The number of aromatic nitrogens is 3. The van der Waals surface area contributed by atoms with Crippen LogP contribution in [-0.2, 0) is 11.3 Å². The van der Waals surface area contributed by atoms with Crippen molar-refractivity contribution in [2.75, 3.05) is 5.32 Å². The number of hydrogen-bond acceptors (Lipinski definition) is 5. The number of carbonyl (C=O) groups excluding carboxylic acids is 1. The fourth-order valence-corrected chi connectivity index (χ4v) is 3.98. The van der Waals surface area contributed by atoms with Crippen molar-refractivity contribution in [3.05, 3.63) is 76.3 Å². The summed E-state index contributed by atoms with van der Waals surface area (Å²) in [5.41, 5.74) is 4.96. The molecule has 2 aromatic heterocycles. The molecule has 0 aliphatic rings. The standard InChI is InChI=1S/C23H22N4O2S/c1-14(2)16-8-10-18(11-9-16)25-19(28)12-27-13-24-21-20(26-30-22(21)23(27)29)17-6-4-15(3)5-7-17/h4-11,13-14H,12H2,1-3H3,(H,25,28). The normalized spacial score (nSPS) is 11.2. The van der Waals surface area contributed by atoms with Gasteiger partial charge in [0.1, 0.15) is 22.5 Å². The molecule has 2 heterocycles. The van der Waals surface area contributed by atoms with Gasteiger partial charge >= 0.3 is 0 Å². The molecule has 4 aromatic rings. The van der Waals surface area contributed by atoms with Gasteiger partial charge in [-0.25, -0.2) is 4.98 Å². The Labute approximate surface area is 178 Å². The van der Waals surface area contributed by atoms with Crippen LogP contribution in [0.1, 0.15) is 30.9 Å². The first kappa shape index (κ1) is 20.0. The van der Waals surface area contributed by atoms with Gasteiger partial charge in [-0.15, -0.1) is 0 Å². The van der Waals surface area contributed by atoms with E-state index in [4.69, 9.17) is 0 Å². The molecule has 0 atom stereocenters. The molecule has 0 bridgehead atoms. The van der Waals surface area contributed by atoms with E-state index in [0.29, 0.717) is 27.5 Å². The Bertz CT molecular complexity index is 1260. The molecule has 0 spiro atoms. The lowest BCUT2D eigenvalue weighted by Gasteiger charge is -2.09. The molecule has 2 aromatic carbocycles. The van der Waals surface area contributed by atoms with Crippen LogP contribution in [0.5, 0.6) is 0 Å². The van der Waals surface area contributed by atoms with E-state index >= 15 is 0 Å². The maximum atomic E-state index is 12.8. The fraction of sp³-hybridized carbons (Fsp3) is 0.217. The smallest absolute Gasteiger partial charge is 0.273 e. The SMILES string of the molecule is Cc1ccc(-c2nsc3c(=O)n(CC(=O)Nc4ccc(C(C)C)cc4)cnc23)cc1. The van der Waals surface area contributed by atoms with E-state index in [2.05, 4.69) is 28.5 Å². The second kappa shape index (κ2) is 8.20. The van der Waals surface area contributed by atoms with Crippen molar-refractivity contribution in [1.82, 2.24) is 13.9 Å². The number of carbonyl (C=O) groups is 1. The van der Waals surface area contributed by atoms with Crippen molar-refractivity contribution in [3.8, 4) is 11.3 Å². The molecular formula is C23H22N4O2S. The largest absolute Gasteiger partial charge is 0.325 e. The van der Waals surface area contributed by atoms with Gasteiger partial charge in [-0.3, -0.25) is 14.2 Å². The van der Waals surface area contributed by atoms with E-state index in [1.807, 2.05) is 55.5 Å². The zero-order valence-corrected chi connectivity index (χ0v) is 17.9. The number of aryl methyl sites for hydroxylation is 1. The highest BCUT2D eigenvalue weighted by Crippen LogP contribution is 2.27. The summed E-state index contributed by atoms with van der Waals surface area (Å²) in [7, 11) is 0. The van der Waals surface area contributed by atoms with E-state index in [0.717, 1.165) is 22.7 Å². The minimum atomic E-state index is -0.279. The van der Waals surface area contributed by atoms with Crippen LogP contribution in [0, 0.1) is 6.92 Å². The number of amides is 1. The van der Waals surface area contributed by atoms with Crippen LogP contribution in [0.15, 0.2) is 59.7 Å². The van der Waals surface area contributed by atoms with Gasteiger partial charge in [0.25, 0.3) is 5.56 Å². The molecule has 0 radical (unpaired) electrons. The summed E-state index contributed by atoms with van der Waals surface area (Å²) in [4.78, 5) is 29.7. The average molecular weight is 419 g/mol. The second-order valence-electron chi connectivity index (χ2n) is 7.58. The molecule has 30 heavy (non-hydrogen) atoms. The molecule has 0 aliphatic carbocycles. The predicted octanol–water partition coefficient (Wildman–Crippen LogP) is 4.59. The third-order valence-corrected chi connectivity index (χ3v) is 5.77. The molecule has 4 rings (SSSR count). The lowest BCUT2D eigenvalue weighted by Crippen LogP contribution is -2.27. The van der Waals surface area contributed by atoms with Crippen molar-refractivity contribution in [2.45, 2.75) is 33.2 Å². The maximum absolute atomic E-state index is 12.8. The maximum Gasteiger partial charge on any atom is 0.273 e. The summed E-state index contributed by atoms with van der Waals surface area (Å²) < 4.78 is 6.19. The van der Waals surface area contributed by atoms with E-state index in [1.54, 1.807) is 0 Å². The molecule has 6 nitrogen and oxygen atoms in total. The second-order valence-corrected chi connectivity index (χ2v) is 8.35. The van der Waals surface area contributed by atoms with Gasteiger partial charge in [0.05, 0.1) is 6.33 Å². The molecule has 0 saturated heterocycles. The molecule has 0 aliphatic heterocycles. The topological polar surface area (TPSA) is 76.9 Å². The van der Waals surface area contributed by atoms with Crippen LogP contribution < -0.4 is 10.9 Å². The van der Waals surface area contributed by atoms with Gasteiger partial charge < -0.3 is 5.32 Å². The monoisotopic (exact) mass is 418 g/mol. The number of rotatable bonds is 5. The third kappa shape index (κ3) is 4.02. The third-order valence-electron chi connectivity index (χ3n) is 4.95. The molecule has 0 fully saturated rings. The minimum absolute atomic E-state index is 0.106. The zero-order valence-electron chi connectivity index (χ0n) is 17.0. The Hall–Kier alpha value is -3.32. The number of nitrogens with zero attached hydrogens (tertiary/aromatic N) is 3. The summed E-state index contributed by atoms with van der Waals surface area (Å²) in [6.45, 7) is 6.15. The summed E-state index contributed by atoms with van der Waals surface area (Å²) in [5, 5.41) is 2.83. The van der Waals surface area contributed by atoms with Gasteiger partial charge in [-0.05, 0) is 42.1 Å². The highest BCUT2D eigenvalue weighted by Gasteiger charge is 2.15. The molecule has 1 amide bonds. The van der Waals surface area contributed by atoms with E-state index in [-0.39, 0.29) is 18.0 Å². The number of benzene rings is 2. The van der Waals surface area contributed by atoms with Crippen LogP contribution in [-0.4, -0.2) is 19.8 Å². The van der Waals surface area contributed by atoms with E-state index < -0.39 is 0 Å². The predicted molar refractivity (Wildman–Crippen MR) is 121 cm³/mol. The number of hydrogen-bond donors (Lipinski definition) is 1. The van der Waals surface area contributed by atoms with Gasteiger partial charge in [0, 0.05) is 11.3 Å². The van der Waals surface area contributed by atoms with Crippen LogP contribution in [0.2, 0.25) is 0 Å². The van der Waals surface area contributed by atoms with Crippen molar-refractivity contribution in [1.29, 1.82) is 0 Å². The first-order valence-corrected chi connectivity index (χ1v) is 10.5. The Balaban J connectivity index is 1.55. The fourth-order valence-electron chi connectivity index (χ4n) is 3.18. The van der Waals surface area contributed by atoms with E-state index in [1.165, 1.54) is 16.5 Å². The highest BCUT2D eigenvalue weighted by atomic mass is 32.1. The minimum Gasteiger partial charge on any atom is -0.325 e. The van der Waals surface area contributed by atoms with Crippen LogP contribution in [0.3, 0.4) is 0 Å². The zero-order chi connectivity index (χ0) is 21.3. The van der Waals surface area contributed by atoms with Crippen LogP contribution in [0.4, 0.5) is 5.69 Å². The number of anilines is 1. The first-order chi connectivity index (χ1) is 14.4. The number of nitrogens with one attached hydrogen (secondary N) is 1. The Morgan fingerprint density at radius 1 is 1.10 bits per heavy atom. The summed E-state index contributed by atoms with van der Waals surface area (Å²) in [6, 6.07) is 15.7. The first-order valence-electron chi connectivity index (χ1n) is 9.74. The van der Waals surface area contributed by atoms with Gasteiger partial charge in [-0.2, -0.15) is 4.37 Å².